The van der Waals surface area contributed by atoms with Gasteiger partial charge in [-0.2, -0.15) is 13.2 Å². The van der Waals surface area contributed by atoms with Crippen molar-refractivity contribution >= 4 is 11.6 Å². The summed E-state index contributed by atoms with van der Waals surface area (Å²) in [7, 11) is 1.79. The van der Waals surface area contributed by atoms with E-state index in [1.54, 1.807) is 25.2 Å². The molecular formula is C24H22ClF4NO2. The van der Waals surface area contributed by atoms with E-state index in [-0.39, 0.29) is 29.6 Å². The molecule has 3 aromatic carbocycles. The maximum absolute atomic E-state index is 13.3. The highest BCUT2D eigenvalue weighted by molar-refractivity contribution is 6.33. The molecule has 3 aromatic rings. The SMILES string of the molecule is CN(Cc1ccc(-c2ccccc2C(F)(F)F)c(Cl)c1)CC(O)COc1ccc(F)cc1. The largest absolute Gasteiger partial charge is 0.491 e. The Bertz CT molecular complexity index is 1040. The Balaban J connectivity index is 1.61. The number of halogens is 5. The fourth-order valence-corrected chi connectivity index (χ4v) is 3.66. The highest BCUT2D eigenvalue weighted by atomic mass is 35.5. The quantitative estimate of drug-likeness (QED) is 0.410. The first-order valence-electron chi connectivity index (χ1n) is 9.83. The summed E-state index contributed by atoms with van der Waals surface area (Å²) < 4.78 is 58.3. The average molecular weight is 468 g/mol. The topological polar surface area (TPSA) is 32.7 Å². The van der Waals surface area contributed by atoms with Crippen LogP contribution in [0.15, 0.2) is 66.7 Å². The van der Waals surface area contributed by atoms with Crippen LogP contribution in [0.25, 0.3) is 11.1 Å². The Morgan fingerprint density at radius 2 is 1.69 bits per heavy atom. The fraction of sp³-hybridized carbons (Fsp3) is 0.250. The smallest absolute Gasteiger partial charge is 0.417 e. The van der Waals surface area contributed by atoms with Crippen LogP contribution in [0, 0.1) is 5.82 Å². The summed E-state index contributed by atoms with van der Waals surface area (Å²) in [6, 6.07) is 15.7. The van der Waals surface area contributed by atoms with Crippen molar-refractivity contribution in [1.29, 1.82) is 0 Å². The molecule has 0 saturated heterocycles. The summed E-state index contributed by atoms with van der Waals surface area (Å²) >= 11 is 6.32. The van der Waals surface area contributed by atoms with Gasteiger partial charge in [0.25, 0.3) is 0 Å². The Hall–Kier alpha value is -2.61. The van der Waals surface area contributed by atoms with Gasteiger partial charge in [-0.05, 0) is 54.6 Å². The van der Waals surface area contributed by atoms with E-state index in [0.717, 1.165) is 11.6 Å². The van der Waals surface area contributed by atoms with Gasteiger partial charge in [-0.3, -0.25) is 4.90 Å². The number of ether oxygens (including phenoxy) is 1. The Kier molecular flexibility index (Phi) is 7.77. The van der Waals surface area contributed by atoms with Gasteiger partial charge in [0, 0.05) is 23.7 Å². The normalized spacial score (nSPS) is 12.8. The van der Waals surface area contributed by atoms with Crippen molar-refractivity contribution in [2.45, 2.75) is 18.8 Å². The van der Waals surface area contributed by atoms with Crippen molar-refractivity contribution in [3.63, 3.8) is 0 Å². The number of hydrogen-bond donors (Lipinski definition) is 1. The van der Waals surface area contributed by atoms with E-state index in [1.165, 1.54) is 42.5 Å². The third-order valence-corrected chi connectivity index (χ3v) is 5.10. The van der Waals surface area contributed by atoms with Crippen LogP contribution in [0.4, 0.5) is 17.6 Å². The number of hydrogen-bond acceptors (Lipinski definition) is 3. The van der Waals surface area contributed by atoms with Crippen molar-refractivity contribution in [2.24, 2.45) is 0 Å². The molecule has 1 N–H and O–H groups in total. The molecular weight excluding hydrogens is 446 g/mol. The van der Waals surface area contributed by atoms with Crippen molar-refractivity contribution in [2.75, 3.05) is 20.2 Å². The molecule has 0 aliphatic carbocycles. The average Bonchev–Trinajstić information content (AvgIpc) is 2.73. The van der Waals surface area contributed by atoms with E-state index in [4.69, 9.17) is 16.3 Å². The molecule has 0 saturated carbocycles. The molecule has 0 aliphatic heterocycles. The molecule has 0 aromatic heterocycles. The number of likely N-dealkylation sites (N-methyl/N-ethyl adjacent to an activating group) is 1. The van der Waals surface area contributed by atoms with Crippen LogP contribution in [0.3, 0.4) is 0 Å². The van der Waals surface area contributed by atoms with E-state index >= 15 is 0 Å². The van der Waals surface area contributed by atoms with E-state index < -0.39 is 17.8 Å². The lowest BCUT2D eigenvalue weighted by atomic mass is 9.98. The Labute approximate surface area is 188 Å². The van der Waals surface area contributed by atoms with Gasteiger partial charge in [0.15, 0.2) is 0 Å². The molecule has 1 unspecified atom stereocenters. The van der Waals surface area contributed by atoms with Crippen molar-refractivity contribution in [1.82, 2.24) is 4.90 Å². The van der Waals surface area contributed by atoms with Crippen molar-refractivity contribution < 1.29 is 27.4 Å². The van der Waals surface area contributed by atoms with E-state index in [0.29, 0.717) is 17.9 Å². The van der Waals surface area contributed by atoms with Gasteiger partial charge in [0.05, 0.1) is 5.56 Å². The Morgan fingerprint density at radius 3 is 2.34 bits per heavy atom. The van der Waals surface area contributed by atoms with Crippen molar-refractivity contribution in [3.05, 3.63) is 88.7 Å². The fourth-order valence-electron chi connectivity index (χ4n) is 3.35. The molecule has 0 amide bonds. The summed E-state index contributed by atoms with van der Waals surface area (Å²) in [5.41, 5.74) is 0.380. The third kappa shape index (κ3) is 6.45. The number of alkyl halides is 3. The van der Waals surface area contributed by atoms with E-state index in [2.05, 4.69) is 0 Å². The molecule has 8 heteroatoms. The molecule has 0 heterocycles. The molecule has 32 heavy (non-hydrogen) atoms. The van der Waals surface area contributed by atoms with Crippen LogP contribution in [0.1, 0.15) is 11.1 Å². The summed E-state index contributed by atoms with van der Waals surface area (Å²) in [6.07, 6.45) is -5.27. The second kappa shape index (κ2) is 10.3. The molecule has 3 nitrogen and oxygen atoms in total. The first-order chi connectivity index (χ1) is 15.1. The zero-order chi connectivity index (χ0) is 23.3. The van der Waals surface area contributed by atoms with Gasteiger partial charge in [0.2, 0.25) is 0 Å². The Morgan fingerprint density at radius 1 is 1.00 bits per heavy atom. The van der Waals surface area contributed by atoms with Crippen molar-refractivity contribution in [3.8, 4) is 16.9 Å². The molecule has 0 bridgehead atoms. The van der Waals surface area contributed by atoms with Gasteiger partial charge in [0.1, 0.15) is 24.3 Å². The molecule has 1 atom stereocenters. The second-order valence-corrected chi connectivity index (χ2v) is 7.88. The van der Waals surface area contributed by atoms with Crippen LogP contribution in [0.5, 0.6) is 5.75 Å². The molecule has 0 aliphatic rings. The predicted octanol–water partition coefficient (Wildman–Crippen LogP) is 6.04. The van der Waals surface area contributed by atoms with Gasteiger partial charge in [-0.1, -0.05) is 41.9 Å². The van der Waals surface area contributed by atoms with E-state index in [1.807, 2.05) is 4.90 Å². The minimum Gasteiger partial charge on any atom is -0.491 e. The lowest BCUT2D eigenvalue weighted by molar-refractivity contribution is -0.137. The minimum absolute atomic E-state index is 0.0262. The second-order valence-electron chi connectivity index (χ2n) is 7.47. The third-order valence-electron chi connectivity index (χ3n) is 4.79. The monoisotopic (exact) mass is 467 g/mol. The predicted molar refractivity (Wildman–Crippen MR) is 116 cm³/mol. The van der Waals surface area contributed by atoms with Gasteiger partial charge >= 0.3 is 6.18 Å². The van der Waals surface area contributed by atoms with Crippen LogP contribution in [-0.2, 0) is 12.7 Å². The van der Waals surface area contributed by atoms with Crippen LogP contribution < -0.4 is 4.74 Å². The first-order valence-corrected chi connectivity index (χ1v) is 10.2. The zero-order valence-electron chi connectivity index (χ0n) is 17.2. The number of aliphatic hydroxyl groups is 1. The van der Waals surface area contributed by atoms with Gasteiger partial charge in [-0.15, -0.1) is 0 Å². The van der Waals surface area contributed by atoms with Crippen LogP contribution in [0.2, 0.25) is 5.02 Å². The van der Waals surface area contributed by atoms with Gasteiger partial charge < -0.3 is 9.84 Å². The lowest BCUT2D eigenvalue weighted by Crippen LogP contribution is -2.32. The number of aliphatic hydroxyl groups excluding tert-OH is 1. The summed E-state index contributed by atoms with van der Waals surface area (Å²) in [4.78, 5) is 1.84. The molecule has 170 valence electrons. The maximum atomic E-state index is 13.3. The number of rotatable bonds is 8. The standard InChI is InChI=1S/C24H22ClF4NO2/c1-30(14-18(31)15-32-19-9-7-17(26)8-10-19)13-16-6-11-21(23(25)12-16)20-4-2-3-5-22(20)24(27,28)29/h2-12,18,31H,13-15H2,1H3. The van der Waals surface area contributed by atoms with E-state index in [9.17, 15) is 22.7 Å². The first kappa shape index (κ1) is 24.0. The highest BCUT2D eigenvalue weighted by Crippen LogP contribution is 2.39. The van der Waals surface area contributed by atoms with Crippen LogP contribution in [-0.4, -0.2) is 36.3 Å². The minimum atomic E-state index is -4.48. The summed E-state index contributed by atoms with van der Waals surface area (Å²) in [5, 5.41) is 10.4. The highest BCUT2D eigenvalue weighted by Gasteiger charge is 2.33. The number of benzene rings is 3. The molecule has 0 radical (unpaired) electrons. The summed E-state index contributed by atoms with van der Waals surface area (Å²) in [5.74, 6) is 0.0822. The van der Waals surface area contributed by atoms with Gasteiger partial charge in [-0.25, -0.2) is 4.39 Å². The lowest BCUT2D eigenvalue weighted by Gasteiger charge is -2.21. The summed E-state index contributed by atoms with van der Waals surface area (Å²) in [6.45, 7) is 0.746. The molecule has 0 fully saturated rings. The maximum Gasteiger partial charge on any atom is 0.417 e. The number of nitrogens with zero attached hydrogens (tertiary/aromatic N) is 1. The molecule has 0 spiro atoms. The zero-order valence-corrected chi connectivity index (χ0v) is 18.0. The van der Waals surface area contributed by atoms with Crippen LogP contribution >= 0.6 is 11.6 Å². The molecule has 3 rings (SSSR count).